The quantitative estimate of drug-likeness (QED) is 0.322. The maximum Gasteiger partial charge on any atom is 0.291 e. The first-order chi connectivity index (χ1) is 14.0. The van der Waals surface area contributed by atoms with E-state index in [1.165, 1.54) is 18.5 Å². The van der Waals surface area contributed by atoms with Gasteiger partial charge in [0, 0.05) is 0 Å². The van der Waals surface area contributed by atoms with Crippen LogP contribution in [0.3, 0.4) is 0 Å². The highest BCUT2D eigenvalue weighted by molar-refractivity contribution is 5.93. The van der Waals surface area contributed by atoms with Crippen LogP contribution >= 0.6 is 0 Å². The molecule has 3 aromatic heterocycles. The SMILES string of the molecule is CCOc1ccc(-c2cncc(C(=O)N/N=C/c3cc(O)cnc3F)n2)c(=O)[nH]1. The van der Waals surface area contributed by atoms with Gasteiger partial charge in [0.25, 0.3) is 11.5 Å². The molecule has 0 unspecified atom stereocenters. The fourth-order valence-electron chi connectivity index (χ4n) is 2.26. The molecule has 0 aromatic carbocycles. The summed E-state index contributed by atoms with van der Waals surface area (Å²) in [6.45, 7) is 2.18. The van der Waals surface area contributed by atoms with Crippen molar-refractivity contribution >= 4 is 12.1 Å². The highest BCUT2D eigenvalue weighted by Crippen LogP contribution is 2.14. The van der Waals surface area contributed by atoms with Gasteiger partial charge in [-0.25, -0.2) is 15.4 Å². The number of rotatable bonds is 6. The van der Waals surface area contributed by atoms with Gasteiger partial charge in [-0.05, 0) is 25.1 Å². The van der Waals surface area contributed by atoms with E-state index in [1.54, 1.807) is 13.0 Å². The first-order valence-electron chi connectivity index (χ1n) is 8.34. The van der Waals surface area contributed by atoms with E-state index in [9.17, 15) is 19.1 Å². The Labute approximate surface area is 163 Å². The van der Waals surface area contributed by atoms with Gasteiger partial charge < -0.3 is 9.84 Å². The van der Waals surface area contributed by atoms with Crippen LogP contribution in [0.4, 0.5) is 4.39 Å². The van der Waals surface area contributed by atoms with Crippen LogP contribution in [0.2, 0.25) is 0 Å². The molecule has 3 N–H and O–H groups in total. The molecule has 0 aliphatic rings. The number of hydrazone groups is 1. The third-order valence-corrected chi connectivity index (χ3v) is 3.55. The second-order valence-electron chi connectivity index (χ2n) is 5.56. The summed E-state index contributed by atoms with van der Waals surface area (Å²) < 4.78 is 18.7. The van der Waals surface area contributed by atoms with Crippen molar-refractivity contribution in [3.05, 3.63) is 64.3 Å². The third-order valence-electron chi connectivity index (χ3n) is 3.55. The van der Waals surface area contributed by atoms with Crippen molar-refractivity contribution in [1.82, 2.24) is 25.4 Å². The highest BCUT2D eigenvalue weighted by Gasteiger charge is 2.12. The Balaban J connectivity index is 1.77. The lowest BCUT2D eigenvalue weighted by atomic mass is 10.2. The van der Waals surface area contributed by atoms with Crippen molar-refractivity contribution in [1.29, 1.82) is 0 Å². The Morgan fingerprint density at radius 1 is 1.38 bits per heavy atom. The highest BCUT2D eigenvalue weighted by atomic mass is 19.1. The Hall–Kier alpha value is -4.15. The molecular weight excluding hydrogens is 383 g/mol. The molecule has 1 amide bonds. The fourth-order valence-corrected chi connectivity index (χ4v) is 2.26. The smallest absolute Gasteiger partial charge is 0.291 e. The number of carbonyl (C=O) groups is 1. The molecule has 3 aromatic rings. The number of ether oxygens (including phenoxy) is 1. The minimum Gasteiger partial charge on any atom is -0.506 e. The molecule has 0 radical (unpaired) electrons. The topological polar surface area (TPSA) is 142 Å². The summed E-state index contributed by atoms with van der Waals surface area (Å²) in [6.07, 6.45) is 4.44. The van der Waals surface area contributed by atoms with Crippen LogP contribution in [0.5, 0.6) is 11.6 Å². The van der Waals surface area contributed by atoms with E-state index in [2.05, 4.69) is 30.5 Å². The maximum atomic E-state index is 13.5. The minimum absolute atomic E-state index is 0.109. The zero-order valence-corrected chi connectivity index (χ0v) is 15.1. The average Bonchev–Trinajstić information content (AvgIpc) is 2.71. The summed E-state index contributed by atoms with van der Waals surface area (Å²) >= 11 is 0. The molecule has 0 fully saturated rings. The number of halogens is 1. The molecule has 0 aliphatic carbocycles. The van der Waals surface area contributed by atoms with Gasteiger partial charge in [-0.1, -0.05) is 0 Å². The van der Waals surface area contributed by atoms with Gasteiger partial charge in [0.2, 0.25) is 5.95 Å². The molecule has 0 aliphatic heterocycles. The van der Waals surface area contributed by atoms with E-state index < -0.39 is 17.4 Å². The van der Waals surface area contributed by atoms with Crippen molar-refractivity contribution in [2.45, 2.75) is 6.92 Å². The summed E-state index contributed by atoms with van der Waals surface area (Å²) in [4.78, 5) is 38.3. The van der Waals surface area contributed by atoms with Crippen LogP contribution in [-0.4, -0.2) is 43.8 Å². The van der Waals surface area contributed by atoms with Gasteiger partial charge in [-0.3, -0.25) is 19.6 Å². The lowest BCUT2D eigenvalue weighted by Gasteiger charge is -2.05. The van der Waals surface area contributed by atoms with Crippen LogP contribution in [0.25, 0.3) is 11.3 Å². The summed E-state index contributed by atoms with van der Waals surface area (Å²) in [5.74, 6) is -1.53. The number of nitrogens with zero attached hydrogens (tertiary/aromatic N) is 4. The number of aromatic amines is 1. The van der Waals surface area contributed by atoms with Gasteiger partial charge in [0.05, 0.1) is 48.2 Å². The Bertz CT molecular complexity index is 1130. The molecule has 3 rings (SSSR count). The van der Waals surface area contributed by atoms with Crippen molar-refractivity contribution in [2.75, 3.05) is 6.61 Å². The van der Waals surface area contributed by atoms with Gasteiger partial charge in [-0.15, -0.1) is 0 Å². The molecule has 29 heavy (non-hydrogen) atoms. The molecule has 0 saturated carbocycles. The summed E-state index contributed by atoms with van der Waals surface area (Å²) in [6, 6.07) is 4.17. The van der Waals surface area contributed by atoms with E-state index in [0.717, 1.165) is 18.5 Å². The Morgan fingerprint density at radius 3 is 2.97 bits per heavy atom. The van der Waals surface area contributed by atoms with Crippen LogP contribution in [-0.2, 0) is 0 Å². The van der Waals surface area contributed by atoms with E-state index >= 15 is 0 Å². The predicted molar refractivity (Wildman–Crippen MR) is 100 cm³/mol. The van der Waals surface area contributed by atoms with Crippen LogP contribution in [0.15, 0.2) is 46.7 Å². The van der Waals surface area contributed by atoms with Crippen molar-refractivity contribution in [2.24, 2.45) is 5.10 Å². The Kier molecular flexibility index (Phi) is 5.88. The number of amides is 1. The number of aromatic nitrogens is 4. The predicted octanol–water partition coefficient (Wildman–Crippen LogP) is 1.23. The number of pyridine rings is 2. The number of hydrogen-bond donors (Lipinski definition) is 3. The number of H-pyrrole nitrogens is 1. The second-order valence-corrected chi connectivity index (χ2v) is 5.56. The summed E-state index contributed by atoms with van der Waals surface area (Å²) in [7, 11) is 0. The monoisotopic (exact) mass is 398 g/mol. The lowest BCUT2D eigenvalue weighted by molar-refractivity contribution is 0.0950. The molecule has 0 saturated heterocycles. The minimum atomic E-state index is -0.864. The fraction of sp³-hybridized carbons (Fsp3) is 0.111. The molecule has 10 nitrogen and oxygen atoms in total. The Morgan fingerprint density at radius 2 is 2.21 bits per heavy atom. The van der Waals surface area contributed by atoms with E-state index in [0.29, 0.717) is 12.5 Å². The average molecular weight is 398 g/mol. The molecule has 0 atom stereocenters. The molecule has 11 heteroatoms. The lowest BCUT2D eigenvalue weighted by Crippen LogP contribution is -2.20. The van der Waals surface area contributed by atoms with Crippen LogP contribution < -0.4 is 15.7 Å². The molecule has 3 heterocycles. The van der Waals surface area contributed by atoms with E-state index in [-0.39, 0.29) is 28.3 Å². The van der Waals surface area contributed by atoms with Gasteiger partial charge in [-0.2, -0.15) is 9.49 Å². The first-order valence-corrected chi connectivity index (χ1v) is 8.34. The number of nitrogens with one attached hydrogen (secondary N) is 2. The van der Waals surface area contributed by atoms with Gasteiger partial charge >= 0.3 is 0 Å². The van der Waals surface area contributed by atoms with Crippen molar-refractivity contribution < 1.29 is 19.0 Å². The van der Waals surface area contributed by atoms with Crippen molar-refractivity contribution in [3.8, 4) is 22.9 Å². The standard InChI is InChI=1S/C18H15FN6O4/c1-2-29-15-4-3-12(17(27)24-15)13-8-20-9-14(23-13)18(28)25-22-6-10-5-11(26)7-21-16(10)19/h3-9,26H,2H2,1H3,(H,24,27)(H,25,28)/b22-6+. The summed E-state index contributed by atoms with van der Waals surface area (Å²) in [5, 5.41) is 12.9. The third kappa shape index (κ3) is 4.77. The number of aromatic hydroxyl groups is 1. The molecule has 148 valence electrons. The number of carbonyl (C=O) groups excluding carboxylic acids is 1. The molecular formula is C18H15FN6O4. The zero-order chi connectivity index (χ0) is 20.8. The van der Waals surface area contributed by atoms with E-state index in [4.69, 9.17) is 4.74 Å². The second kappa shape index (κ2) is 8.69. The molecule has 0 bridgehead atoms. The van der Waals surface area contributed by atoms with E-state index in [1.807, 2.05) is 0 Å². The number of hydrogen-bond acceptors (Lipinski definition) is 8. The van der Waals surface area contributed by atoms with Gasteiger partial charge in [0.1, 0.15) is 11.4 Å². The molecule has 0 spiro atoms. The van der Waals surface area contributed by atoms with Gasteiger partial charge in [0.15, 0.2) is 5.88 Å². The normalized spacial score (nSPS) is 10.8. The zero-order valence-electron chi connectivity index (χ0n) is 15.1. The first kappa shape index (κ1) is 19.6. The maximum absolute atomic E-state index is 13.5. The summed E-state index contributed by atoms with van der Waals surface area (Å²) in [5.41, 5.74) is 1.86. The largest absolute Gasteiger partial charge is 0.506 e. The van der Waals surface area contributed by atoms with Crippen LogP contribution in [0, 0.1) is 5.95 Å². The van der Waals surface area contributed by atoms with Crippen molar-refractivity contribution in [3.63, 3.8) is 0 Å². The van der Waals surface area contributed by atoms with Crippen LogP contribution in [0.1, 0.15) is 23.0 Å².